The van der Waals surface area contributed by atoms with E-state index in [2.05, 4.69) is 29.6 Å². The summed E-state index contributed by atoms with van der Waals surface area (Å²) < 4.78 is 0. The molecule has 3 aliphatic rings. The number of benzene rings is 1. The average Bonchev–Trinajstić information content (AvgIpc) is 3.20. The van der Waals surface area contributed by atoms with Crippen LogP contribution < -0.4 is 5.32 Å². The van der Waals surface area contributed by atoms with E-state index in [0.717, 1.165) is 17.9 Å². The zero-order valence-electron chi connectivity index (χ0n) is 11.8. The SMILES string of the molecule is c1ccc2c(c1)CC(NC1CCCC(C3CC3)C1)C2. The molecule has 1 N–H and O–H groups in total. The number of hydrogen-bond donors (Lipinski definition) is 1. The Labute approximate surface area is 116 Å². The Hall–Kier alpha value is -0.820. The Morgan fingerprint density at radius 3 is 2.21 bits per heavy atom. The number of nitrogens with one attached hydrogen (secondary N) is 1. The zero-order valence-corrected chi connectivity index (χ0v) is 11.8. The van der Waals surface area contributed by atoms with E-state index in [1.807, 2.05) is 0 Å². The maximum absolute atomic E-state index is 3.98. The molecule has 0 radical (unpaired) electrons. The number of hydrogen-bond acceptors (Lipinski definition) is 1. The van der Waals surface area contributed by atoms with Crippen molar-refractivity contribution in [1.29, 1.82) is 0 Å². The van der Waals surface area contributed by atoms with Gasteiger partial charge in [0.15, 0.2) is 0 Å². The molecule has 4 rings (SSSR count). The van der Waals surface area contributed by atoms with Crippen LogP contribution >= 0.6 is 0 Å². The Balaban J connectivity index is 1.35. The summed E-state index contributed by atoms with van der Waals surface area (Å²) in [6.07, 6.45) is 11.4. The smallest absolute Gasteiger partial charge is 0.0151 e. The van der Waals surface area contributed by atoms with E-state index in [1.54, 1.807) is 11.1 Å². The van der Waals surface area contributed by atoms with Crippen LogP contribution in [-0.4, -0.2) is 12.1 Å². The molecule has 3 aliphatic carbocycles. The van der Waals surface area contributed by atoms with Crippen LogP contribution in [0.15, 0.2) is 24.3 Å². The third-order valence-electron chi connectivity index (χ3n) is 5.53. The molecule has 1 nitrogen and oxygen atoms in total. The van der Waals surface area contributed by atoms with Crippen molar-refractivity contribution in [3.8, 4) is 0 Å². The minimum absolute atomic E-state index is 0.709. The lowest BCUT2D eigenvalue weighted by Gasteiger charge is -2.32. The molecule has 2 unspecified atom stereocenters. The summed E-state index contributed by atoms with van der Waals surface area (Å²) >= 11 is 0. The van der Waals surface area contributed by atoms with Gasteiger partial charge in [0.25, 0.3) is 0 Å². The predicted octanol–water partition coefficient (Wildman–Crippen LogP) is 3.71. The topological polar surface area (TPSA) is 12.0 Å². The van der Waals surface area contributed by atoms with Gasteiger partial charge < -0.3 is 5.32 Å². The number of fused-ring (bicyclic) bond motifs is 1. The van der Waals surface area contributed by atoms with Crippen molar-refractivity contribution >= 4 is 0 Å². The fraction of sp³-hybridized carbons (Fsp3) is 0.667. The lowest BCUT2D eigenvalue weighted by atomic mass is 9.82. The average molecular weight is 255 g/mol. The molecular formula is C18H25N. The van der Waals surface area contributed by atoms with Crippen LogP contribution in [0.3, 0.4) is 0 Å². The molecule has 0 heterocycles. The van der Waals surface area contributed by atoms with E-state index in [9.17, 15) is 0 Å². The van der Waals surface area contributed by atoms with Crippen molar-refractivity contribution < 1.29 is 0 Å². The lowest BCUT2D eigenvalue weighted by molar-refractivity contribution is 0.247. The van der Waals surface area contributed by atoms with Crippen LogP contribution in [0.2, 0.25) is 0 Å². The third kappa shape index (κ3) is 2.58. The van der Waals surface area contributed by atoms with E-state index >= 15 is 0 Å². The molecule has 2 fully saturated rings. The highest BCUT2D eigenvalue weighted by atomic mass is 15.0. The molecular weight excluding hydrogens is 230 g/mol. The Kier molecular flexibility index (Phi) is 3.11. The standard InChI is InChI=1S/C18H25N/c1-2-5-16-12-18(11-15(16)4-1)19-17-7-3-6-14(10-17)13-8-9-13/h1-2,4-5,13-14,17-19H,3,6-12H2. The van der Waals surface area contributed by atoms with Gasteiger partial charge in [-0.3, -0.25) is 0 Å². The van der Waals surface area contributed by atoms with E-state index < -0.39 is 0 Å². The van der Waals surface area contributed by atoms with E-state index in [1.165, 1.54) is 51.4 Å². The Morgan fingerprint density at radius 2 is 1.53 bits per heavy atom. The quantitative estimate of drug-likeness (QED) is 0.868. The van der Waals surface area contributed by atoms with Crippen molar-refractivity contribution in [1.82, 2.24) is 5.32 Å². The second-order valence-corrected chi connectivity index (χ2v) is 7.00. The first-order valence-electron chi connectivity index (χ1n) is 8.21. The summed E-state index contributed by atoms with van der Waals surface area (Å²) in [6.45, 7) is 0. The van der Waals surface area contributed by atoms with Gasteiger partial charge in [-0.2, -0.15) is 0 Å². The van der Waals surface area contributed by atoms with Crippen LogP contribution in [0, 0.1) is 11.8 Å². The van der Waals surface area contributed by atoms with E-state index in [0.29, 0.717) is 6.04 Å². The molecule has 1 aromatic rings. The highest BCUT2D eigenvalue weighted by Gasteiger charge is 2.35. The third-order valence-corrected chi connectivity index (χ3v) is 5.53. The molecule has 0 aliphatic heterocycles. The van der Waals surface area contributed by atoms with E-state index in [-0.39, 0.29) is 0 Å². The molecule has 0 spiro atoms. The maximum atomic E-state index is 3.98. The summed E-state index contributed by atoms with van der Waals surface area (Å²) in [5.74, 6) is 2.15. The van der Waals surface area contributed by atoms with Gasteiger partial charge in [0, 0.05) is 12.1 Å². The van der Waals surface area contributed by atoms with Gasteiger partial charge in [0.05, 0.1) is 0 Å². The molecule has 2 saturated carbocycles. The molecule has 19 heavy (non-hydrogen) atoms. The van der Waals surface area contributed by atoms with Crippen molar-refractivity contribution in [2.45, 2.75) is 63.5 Å². The normalized spacial score (nSPS) is 31.4. The molecule has 0 amide bonds. The lowest BCUT2D eigenvalue weighted by Crippen LogP contribution is -2.41. The maximum Gasteiger partial charge on any atom is 0.0151 e. The first kappa shape index (κ1) is 12.0. The highest BCUT2D eigenvalue weighted by molar-refractivity contribution is 5.33. The molecule has 0 bridgehead atoms. The van der Waals surface area contributed by atoms with Crippen LogP contribution in [0.4, 0.5) is 0 Å². The molecule has 1 heteroatoms. The van der Waals surface area contributed by atoms with Crippen molar-refractivity contribution in [3.05, 3.63) is 35.4 Å². The molecule has 0 aromatic heterocycles. The first-order valence-corrected chi connectivity index (χ1v) is 8.21. The van der Waals surface area contributed by atoms with Crippen molar-refractivity contribution in [2.24, 2.45) is 11.8 Å². The fourth-order valence-corrected chi connectivity index (χ4v) is 4.38. The Morgan fingerprint density at radius 1 is 0.789 bits per heavy atom. The van der Waals surface area contributed by atoms with Gasteiger partial charge in [0.2, 0.25) is 0 Å². The van der Waals surface area contributed by atoms with Gasteiger partial charge in [-0.15, -0.1) is 0 Å². The van der Waals surface area contributed by atoms with Gasteiger partial charge >= 0.3 is 0 Å². The van der Waals surface area contributed by atoms with E-state index in [4.69, 9.17) is 0 Å². The molecule has 1 aromatic carbocycles. The van der Waals surface area contributed by atoms with Gasteiger partial charge in [-0.1, -0.05) is 37.1 Å². The fourth-order valence-electron chi connectivity index (χ4n) is 4.38. The second-order valence-electron chi connectivity index (χ2n) is 7.00. The summed E-state index contributed by atoms with van der Waals surface area (Å²) in [7, 11) is 0. The minimum atomic E-state index is 0.709. The summed E-state index contributed by atoms with van der Waals surface area (Å²) in [6, 6.07) is 10.5. The van der Waals surface area contributed by atoms with Gasteiger partial charge in [0.1, 0.15) is 0 Å². The first-order chi connectivity index (χ1) is 9.38. The van der Waals surface area contributed by atoms with Gasteiger partial charge in [-0.05, 0) is 61.5 Å². The zero-order chi connectivity index (χ0) is 12.7. The van der Waals surface area contributed by atoms with Gasteiger partial charge in [-0.25, -0.2) is 0 Å². The molecule has 2 atom stereocenters. The van der Waals surface area contributed by atoms with Crippen LogP contribution in [-0.2, 0) is 12.8 Å². The molecule has 0 saturated heterocycles. The van der Waals surface area contributed by atoms with Crippen molar-refractivity contribution in [2.75, 3.05) is 0 Å². The predicted molar refractivity (Wildman–Crippen MR) is 79.2 cm³/mol. The summed E-state index contributed by atoms with van der Waals surface area (Å²) in [5.41, 5.74) is 3.16. The number of rotatable bonds is 3. The summed E-state index contributed by atoms with van der Waals surface area (Å²) in [4.78, 5) is 0. The Bertz CT molecular complexity index is 424. The van der Waals surface area contributed by atoms with Crippen LogP contribution in [0.25, 0.3) is 0 Å². The van der Waals surface area contributed by atoms with Crippen molar-refractivity contribution in [3.63, 3.8) is 0 Å². The van der Waals surface area contributed by atoms with Crippen LogP contribution in [0.1, 0.15) is 49.7 Å². The summed E-state index contributed by atoms with van der Waals surface area (Å²) in [5, 5.41) is 3.98. The monoisotopic (exact) mass is 255 g/mol. The molecule has 102 valence electrons. The minimum Gasteiger partial charge on any atom is -0.311 e. The largest absolute Gasteiger partial charge is 0.311 e. The second kappa shape index (κ2) is 4.94. The highest BCUT2D eigenvalue weighted by Crippen LogP contribution is 2.44. The van der Waals surface area contributed by atoms with Crippen LogP contribution in [0.5, 0.6) is 0 Å².